The van der Waals surface area contributed by atoms with Gasteiger partial charge in [0.1, 0.15) is 23.8 Å². The molecule has 5 rings (SSSR count). The van der Waals surface area contributed by atoms with E-state index in [1.165, 1.54) is 5.56 Å². The molecule has 2 aromatic carbocycles. The molecule has 0 N–H and O–H groups in total. The monoisotopic (exact) mass is 427 g/mol. The molecule has 0 fully saturated rings. The number of carbonyl (C=O) groups is 1. The van der Waals surface area contributed by atoms with Crippen LogP contribution in [0.25, 0.3) is 0 Å². The summed E-state index contributed by atoms with van der Waals surface area (Å²) in [5.41, 5.74) is 1.73. The summed E-state index contributed by atoms with van der Waals surface area (Å²) >= 11 is 0. The van der Waals surface area contributed by atoms with E-state index in [0.29, 0.717) is 18.2 Å². The normalized spacial score (nSPS) is 26.5. The third-order valence-corrected chi connectivity index (χ3v) is 6.54. The van der Waals surface area contributed by atoms with Gasteiger partial charge in [0.25, 0.3) is 0 Å². The molecule has 0 amide bonds. The summed E-state index contributed by atoms with van der Waals surface area (Å²) < 4.78 is 44.6. The highest BCUT2D eigenvalue weighted by atomic mass is 19.1. The summed E-state index contributed by atoms with van der Waals surface area (Å²) in [6.07, 6.45) is 4.44. The third-order valence-electron chi connectivity index (χ3n) is 6.54. The van der Waals surface area contributed by atoms with Crippen LogP contribution in [0.5, 0.6) is 11.5 Å². The Morgan fingerprint density at radius 2 is 2.10 bits per heavy atom. The quantitative estimate of drug-likeness (QED) is 0.548. The average molecular weight is 427 g/mol. The van der Waals surface area contributed by atoms with Gasteiger partial charge in [0.05, 0.1) is 18.1 Å². The zero-order chi connectivity index (χ0) is 21.8. The zero-order valence-corrected chi connectivity index (χ0v) is 17.4. The van der Waals surface area contributed by atoms with E-state index in [2.05, 4.69) is 24.1 Å². The molecule has 0 aromatic heterocycles. The summed E-state index contributed by atoms with van der Waals surface area (Å²) in [5.74, 6) is -1.06. The van der Waals surface area contributed by atoms with Crippen LogP contribution in [0.15, 0.2) is 42.5 Å². The molecule has 162 valence electrons. The molecule has 0 radical (unpaired) electrons. The number of ether oxygens (including phenoxy) is 3. The molecular weight excluding hydrogens is 404 g/mol. The summed E-state index contributed by atoms with van der Waals surface area (Å²) in [4.78, 5) is 14.8. The van der Waals surface area contributed by atoms with Gasteiger partial charge in [0.2, 0.25) is 0 Å². The Kier molecular flexibility index (Phi) is 4.73. The van der Waals surface area contributed by atoms with Crippen LogP contribution < -0.4 is 9.47 Å². The van der Waals surface area contributed by atoms with Crippen LogP contribution in [0.1, 0.15) is 34.3 Å². The first kappa shape index (κ1) is 20.0. The van der Waals surface area contributed by atoms with Gasteiger partial charge in [-0.1, -0.05) is 12.1 Å². The summed E-state index contributed by atoms with van der Waals surface area (Å²) in [5, 5.41) is 0. The molecule has 0 saturated carbocycles. The van der Waals surface area contributed by atoms with E-state index in [9.17, 15) is 13.6 Å². The maximum absolute atomic E-state index is 14.0. The van der Waals surface area contributed by atoms with Crippen molar-refractivity contribution in [2.24, 2.45) is 0 Å². The minimum Gasteiger partial charge on any atom is -0.493 e. The largest absolute Gasteiger partial charge is 0.493 e. The van der Waals surface area contributed by atoms with E-state index in [0.717, 1.165) is 43.0 Å². The van der Waals surface area contributed by atoms with E-state index < -0.39 is 23.7 Å². The van der Waals surface area contributed by atoms with Crippen LogP contribution in [0.3, 0.4) is 0 Å². The maximum Gasteiger partial charge on any atom is 0.341 e. The first-order valence-electron chi connectivity index (χ1n) is 10.3. The molecule has 0 bridgehead atoms. The van der Waals surface area contributed by atoms with Gasteiger partial charge in [-0.15, -0.1) is 0 Å². The molecule has 0 saturated heterocycles. The lowest BCUT2D eigenvalue weighted by molar-refractivity contribution is 0.0213. The minimum absolute atomic E-state index is 0.232. The summed E-state index contributed by atoms with van der Waals surface area (Å²) in [6.45, 7) is 1.71. The molecule has 5 nitrogen and oxygen atoms in total. The highest BCUT2D eigenvalue weighted by molar-refractivity contribution is 5.89. The van der Waals surface area contributed by atoms with E-state index >= 15 is 0 Å². The fourth-order valence-corrected chi connectivity index (χ4v) is 5.01. The van der Waals surface area contributed by atoms with Gasteiger partial charge in [-0.05, 0) is 49.9 Å². The number of nitrogens with zero attached hydrogens (tertiary/aromatic N) is 1. The van der Waals surface area contributed by atoms with Crippen molar-refractivity contribution >= 4 is 5.97 Å². The van der Waals surface area contributed by atoms with Crippen molar-refractivity contribution in [1.82, 2.24) is 4.90 Å². The number of benzene rings is 2. The highest BCUT2D eigenvalue weighted by Crippen LogP contribution is 2.55. The standard InChI is InChI=1S/C24H23F2NO4/c1-27-10-9-24-8-7-16(30-23(28)17-5-4-15(25)11-18(17)26)12-20(24)31-22-19(29-2)6-3-14(13-27)21(22)24/h3-8,11,16,20H,9-10,12-13H2,1-2H3/t16?,20-,24-/m0/s1. The Bertz CT molecular complexity index is 1090. The fraction of sp³-hybridized carbons (Fsp3) is 0.375. The number of rotatable bonds is 3. The predicted octanol–water partition coefficient (Wildman–Crippen LogP) is 3.99. The number of hydrogen-bond acceptors (Lipinski definition) is 5. The van der Waals surface area contributed by atoms with Crippen LogP contribution in [0.4, 0.5) is 8.78 Å². The lowest BCUT2D eigenvalue weighted by Gasteiger charge is -2.36. The second-order valence-electron chi connectivity index (χ2n) is 8.43. The fourth-order valence-electron chi connectivity index (χ4n) is 5.01. The smallest absolute Gasteiger partial charge is 0.341 e. The molecule has 2 aliphatic heterocycles. The van der Waals surface area contributed by atoms with Gasteiger partial charge in [-0.2, -0.15) is 0 Å². The topological polar surface area (TPSA) is 48.0 Å². The SMILES string of the molecule is COc1ccc2c3c1O[C@H]1CC(OC(=O)c4ccc(F)cc4F)C=C[C@@]31CCN(C)C2. The predicted molar refractivity (Wildman–Crippen MR) is 109 cm³/mol. The second-order valence-corrected chi connectivity index (χ2v) is 8.43. The molecule has 7 heteroatoms. The van der Waals surface area contributed by atoms with Crippen molar-refractivity contribution in [3.8, 4) is 11.5 Å². The minimum atomic E-state index is -0.938. The zero-order valence-electron chi connectivity index (χ0n) is 17.4. The van der Waals surface area contributed by atoms with Crippen molar-refractivity contribution in [2.75, 3.05) is 20.7 Å². The van der Waals surface area contributed by atoms with Gasteiger partial charge in [0.15, 0.2) is 11.5 Å². The van der Waals surface area contributed by atoms with Crippen molar-refractivity contribution in [3.63, 3.8) is 0 Å². The Hall–Kier alpha value is -2.93. The molecule has 1 unspecified atom stereocenters. The van der Waals surface area contributed by atoms with Crippen LogP contribution in [-0.4, -0.2) is 43.8 Å². The Balaban J connectivity index is 1.46. The molecule has 3 aliphatic rings. The number of esters is 1. The van der Waals surface area contributed by atoms with Crippen LogP contribution in [0, 0.1) is 11.6 Å². The first-order chi connectivity index (χ1) is 14.9. The summed E-state index contributed by atoms with van der Waals surface area (Å²) in [6, 6.07) is 6.83. The Morgan fingerprint density at radius 1 is 1.26 bits per heavy atom. The van der Waals surface area contributed by atoms with Gasteiger partial charge >= 0.3 is 5.97 Å². The van der Waals surface area contributed by atoms with Gasteiger partial charge in [0, 0.05) is 24.6 Å². The number of hydrogen-bond donors (Lipinski definition) is 0. The van der Waals surface area contributed by atoms with E-state index in [1.807, 2.05) is 12.1 Å². The van der Waals surface area contributed by atoms with Gasteiger partial charge in [-0.25, -0.2) is 13.6 Å². The maximum atomic E-state index is 14.0. The second kappa shape index (κ2) is 7.34. The Labute approximate surface area is 179 Å². The highest BCUT2D eigenvalue weighted by Gasteiger charge is 2.53. The van der Waals surface area contributed by atoms with Crippen LogP contribution in [0.2, 0.25) is 0 Å². The van der Waals surface area contributed by atoms with Crippen molar-refractivity contribution in [1.29, 1.82) is 0 Å². The number of halogens is 2. The molecule has 3 atom stereocenters. The molecular formula is C24H23F2NO4. The van der Waals surface area contributed by atoms with E-state index in [-0.39, 0.29) is 17.1 Å². The molecule has 1 aliphatic carbocycles. The lowest BCUT2D eigenvalue weighted by atomic mass is 9.69. The molecule has 31 heavy (non-hydrogen) atoms. The Morgan fingerprint density at radius 3 is 2.87 bits per heavy atom. The molecule has 1 spiro atoms. The van der Waals surface area contributed by atoms with Crippen molar-refractivity contribution in [3.05, 3.63) is 70.8 Å². The van der Waals surface area contributed by atoms with Crippen molar-refractivity contribution in [2.45, 2.75) is 37.0 Å². The van der Waals surface area contributed by atoms with E-state index in [4.69, 9.17) is 14.2 Å². The number of carbonyl (C=O) groups excluding carboxylic acids is 1. The van der Waals surface area contributed by atoms with Crippen LogP contribution in [-0.2, 0) is 16.7 Å². The average Bonchev–Trinajstić information content (AvgIpc) is 2.99. The van der Waals surface area contributed by atoms with E-state index in [1.54, 1.807) is 7.11 Å². The van der Waals surface area contributed by atoms with Gasteiger partial charge < -0.3 is 19.1 Å². The van der Waals surface area contributed by atoms with Crippen LogP contribution >= 0.6 is 0 Å². The lowest BCUT2D eigenvalue weighted by Crippen LogP contribution is -2.43. The summed E-state index contributed by atoms with van der Waals surface area (Å²) in [7, 11) is 3.72. The van der Waals surface area contributed by atoms with Gasteiger partial charge in [-0.3, -0.25) is 0 Å². The third kappa shape index (κ3) is 3.19. The molecule has 2 aromatic rings. The number of methoxy groups -OCH3 is 1. The molecule has 2 heterocycles. The first-order valence-corrected chi connectivity index (χ1v) is 10.3. The van der Waals surface area contributed by atoms with Crippen molar-refractivity contribution < 1.29 is 27.8 Å².